The fourth-order valence-corrected chi connectivity index (χ4v) is 1.96. The Labute approximate surface area is 208 Å². The number of quaternary nitrogens is 1. The van der Waals surface area contributed by atoms with E-state index in [0.29, 0.717) is 19.0 Å². The first-order chi connectivity index (χ1) is 13.6. The van der Waals surface area contributed by atoms with Gasteiger partial charge in [-0.25, -0.2) is 0 Å². The van der Waals surface area contributed by atoms with E-state index in [1.165, 1.54) is 17.3 Å². The second-order valence-electron chi connectivity index (χ2n) is 7.34. The molecule has 0 heterocycles. The normalized spacial score (nSPS) is 9.97. The van der Waals surface area contributed by atoms with Gasteiger partial charge in [-0.05, 0) is 25.2 Å². The predicted molar refractivity (Wildman–Crippen MR) is 138 cm³/mol. The van der Waals surface area contributed by atoms with Crippen LogP contribution in [0, 0.1) is 5.92 Å². The Hall–Kier alpha value is -1.50. The first-order valence-electron chi connectivity index (χ1n) is 9.90. The first kappa shape index (κ1) is 40.8. The van der Waals surface area contributed by atoms with Gasteiger partial charge in [0.15, 0.2) is 0 Å². The molecule has 0 saturated carbocycles. The summed E-state index contributed by atoms with van der Waals surface area (Å²) in [6.45, 7) is 11.2. The highest BCUT2D eigenvalue weighted by atomic mass is 35.5. The van der Waals surface area contributed by atoms with Crippen molar-refractivity contribution in [2.45, 2.75) is 42.0 Å². The van der Waals surface area contributed by atoms with Crippen molar-refractivity contribution in [2.24, 2.45) is 5.92 Å². The average Bonchev–Trinajstić information content (AvgIpc) is 2.68. The molecule has 0 aliphatic heterocycles. The largest absolute Gasteiger partial charge is 1.00 e. The Morgan fingerprint density at radius 3 is 1.97 bits per heavy atom. The van der Waals surface area contributed by atoms with E-state index in [-0.39, 0.29) is 45.1 Å². The molecule has 1 rings (SSSR count). The Kier molecular flexibility index (Phi) is 32.9. The molecule has 0 bridgehead atoms. The van der Waals surface area contributed by atoms with Crippen molar-refractivity contribution >= 4 is 29.8 Å². The molecule has 1 atom stereocenters. The summed E-state index contributed by atoms with van der Waals surface area (Å²) in [5.74, 6) is 0.303. The van der Waals surface area contributed by atoms with Crippen molar-refractivity contribution < 1.29 is 36.0 Å². The van der Waals surface area contributed by atoms with Gasteiger partial charge in [0.1, 0.15) is 13.2 Å². The van der Waals surface area contributed by atoms with Crippen LogP contribution in [-0.2, 0) is 19.1 Å². The average molecular weight is 494 g/mol. The minimum Gasteiger partial charge on any atom is -1.00 e. The van der Waals surface area contributed by atoms with Gasteiger partial charge in [-0.3, -0.25) is 9.59 Å². The fraction of sp³-hybridized carbons (Fsp3) is 0.600. The molecule has 0 aliphatic rings. The van der Waals surface area contributed by atoms with Crippen LogP contribution >= 0.6 is 11.8 Å². The molecule has 0 aromatic heterocycles. The van der Waals surface area contributed by atoms with Crippen LogP contribution < -0.4 is 12.4 Å². The zero-order chi connectivity index (χ0) is 22.7. The van der Waals surface area contributed by atoms with E-state index in [4.69, 9.17) is 4.74 Å². The number of carbonyl (C=O) groups excluding carboxylic acids is 2. The molecule has 0 spiro atoms. The molecule has 1 unspecified atom stereocenters. The van der Waals surface area contributed by atoms with Crippen LogP contribution in [0.15, 0.2) is 36.9 Å². The van der Waals surface area contributed by atoms with Gasteiger partial charge in [-0.1, -0.05) is 71.7 Å². The Morgan fingerprint density at radius 1 is 1.09 bits per heavy atom. The number of rotatable bonds is 9. The van der Waals surface area contributed by atoms with E-state index in [1.807, 2.05) is 56.5 Å². The lowest BCUT2D eigenvalue weighted by Crippen LogP contribution is -3.00. The number of benzene rings is 1. The summed E-state index contributed by atoms with van der Waals surface area (Å²) < 4.78 is 10.6. The van der Waals surface area contributed by atoms with E-state index in [0.717, 1.165) is 17.4 Å². The number of thioether (sulfide) groups is 1. The Morgan fingerprint density at radius 2 is 1.62 bits per heavy atom. The topological polar surface area (TPSA) is 52.6 Å². The molecule has 1 aromatic carbocycles. The molecular formula is C25H48ClNO4S. The van der Waals surface area contributed by atoms with E-state index in [9.17, 15) is 9.59 Å². The van der Waals surface area contributed by atoms with Crippen molar-refractivity contribution in [1.82, 2.24) is 0 Å². The maximum Gasteiger partial charge on any atom is 0.315 e. The lowest BCUT2D eigenvalue weighted by molar-refractivity contribution is -0.870. The van der Waals surface area contributed by atoms with E-state index in [2.05, 4.69) is 32.5 Å². The SMILES string of the molecule is C.C.C=Cc1ccccc1.CCC(C)C(=O)OCC[N+](C)(C)C.CCOC(=O)CSC.[Cl-]. The third-order valence-corrected chi connectivity index (χ3v) is 4.15. The van der Waals surface area contributed by atoms with Crippen molar-refractivity contribution in [2.75, 3.05) is 52.9 Å². The van der Waals surface area contributed by atoms with Gasteiger partial charge in [-0.15, -0.1) is 0 Å². The zero-order valence-electron chi connectivity index (χ0n) is 19.7. The van der Waals surface area contributed by atoms with Gasteiger partial charge in [0.2, 0.25) is 0 Å². The smallest absolute Gasteiger partial charge is 0.315 e. The van der Waals surface area contributed by atoms with E-state index in [1.54, 1.807) is 6.92 Å². The van der Waals surface area contributed by atoms with Gasteiger partial charge < -0.3 is 26.4 Å². The monoisotopic (exact) mass is 493 g/mol. The molecule has 0 amide bonds. The third-order valence-electron chi connectivity index (χ3n) is 3.62. The summed E-state index contributed by atoms with van der Waals surface area (Å²) in [4.78, 5) is 21.6. The minimum atomic E-state index is -0.125. The number of ether oxygens (including phenoxy) is 2. The van der Waals surface area contributed by atoms with Gasteiger partial charge in [0.25, 0.3) is 0 Å². The molecule has 0 saturated heterocycles. The standard InChI is InChI=1S/C10H22NO2.C8H8.C5H10O2S.2CH4.ClH/c1-6-9(2)10(12)13-8-7-11(3,4)5;1-2-8-6-4-3-5-7-8;1-3-7-5(6)4-8-2;;;/h9H,6-8H2,1-5H3;2-7H,1H2;3-4H2,1-2H3;2*1H4;1H/q+1;;;;;/p-1. The molecule has 0 aliphatic carbocycles. The lowest BCUT2D eigenvalue weighted by atomic mass is 10.1. The highest BCUT2D eigenvalue weighted by Crippen LogP contribution is 2.03. The maximum atomic E-state index is 11.2. The molecule has 0 radical (unpaired) electrons. The van der Waals surface area contributed by atoms with Crippen LogP contribution in [-0.4, -0.2) is 69.3 Å². The Bertz CT molecular complexity index is 555. The van der Waals surface area contributed by atoms with Gasteiger partial charge in [0, 0.05) is 0 Å². The van der Waals surface area contributed by atoms with E-state index >= 15 is 0 Å². The van der Waals surface area contributed by atoms with E-state index < -0.39 is 0 Å². The molecule has 7 heteroatoms. The lowest BCUT2D eigenvalue weighted by Gasteiger charge is -2.23. The number of hydrogen-bond donors (Lipinski definition) is 0. The predicted octanol–water partition coefficient (Wildman–Crippen LogP) is 2.80. The number of carbonyl (C=O) groups is 2. The molecule has 32 heavy (non-hydrogen) atoms. The Balaban J connectivity index is -0.000000113. The van der Waals surface area contributed by atoms with Gasteiger partial charge in [0.05, 0.1) is 39.4 Å². The van der Waals surface area contributed by atoms with Crippen molar-refractivity contribution in [1.29, 1.82) is 0 Å². The summed E-state index contributed by atoms with van der Waals surface area (Å²) in [6.07, 6.45) is 4.56. The van der Waals surface area contributed by atoms with Crippen LogP contribution in [0.1, 0.15) is 47.6 Å². The molecule has 5 nitrogen and oxygen atoms in total. The molecule has 0 fully saturated rings. The fourth-order valence-electron chi connectivity index (χ4n) is 1.64. The van der Waals surface area contributed by atoms with Crippen LogP contribution in [0.25, 0.3) is 6.08 Å². The highest BCUT2D eigenvalue weighted by Gasteiger charge is 2.13. The molecule has 1 aromatic rings. The molecule has 0 N–H and O–H groups in total. The number of likely N-dealkylation sites (N-methyl/N-ethyl adjacent to an activating group) is 1. The van der Waals surface area contributed by atoms with Crippen LogP contribution in [0.4, 0.5) is 0 Å². The summed E-state index contributed by atoms with van der Waals surface area (Å²) in [5.41, 5.74) is 1.17. The summed E-state index contributed by atoms with van der Waals surface area (Å²) in [5, 5.41) is 0. The quantitative estimate of drug-likeness (QED) is 0.391. The second-order valence-corrected chi connectivity index (χ2v) is 8.21. The van der Waals surface area contributed by atoms with Gasteiger partial charge in [-0.2, -0.15) is 11.8 Å². The minimum absolute atomic E-state index is 0. The highest BCUT2D eigenvalue weighted by molar-refractivity contribution is 7.99. The van der Waals surface area contributed by atoms with Crippen LogP contribution in [0.5, 0.6) is 0 Å². The summed E-state index contributed by atoms with van der Waals surface area (Å²) in [7, 11) is 6.24. The van der Waals surface area contributed by atoms with Crippen LogP contribution in [0.2, 0.25) is 0 Å². The molecular weight excluding hydrogens is 446 g/mol. The number of nitrogens with zero attached hydrogens (tertiary/aromatic N) is 1. The second kappa shape index (κ2) is 25.8. The number of hydrogen-bond acceptors (Lipinski definition) is 5. The summed E-state index contributed by atoms with van der Waals surface area (Å²) in [6, 6.07) is 10.0. The van der Waals surface area contributed by atoms with Crippen molar-refractivity contribution in [3.05, 3.63) is 42.5 Å². The van der Waals surface area contributed by atoms with Crippen molar-refractivity contribution in [3.63, 3.8) is 0 Å². The number of esters is 2. The van der Waals surface area contributed by atoms with Crippen LogP contribution in [0.3, 0.4) is 0 Å². The maximum absolute atomic E-state index is 11.2. The van der Waals surface area contributed by atoms with Crippen molar-refractivity contribution in [3.8, 4) is 0 Å². The zero-order valence-corrected chi connectivity index (χ0v) is 21.2. The summed E-state index contributed by atoms with van der Waals surface area (Å²) >= 11 is 1.48. The first-order valence-corrected chi connectivity index (χ1v) is 11.3. The number of halogens is 1. The molecule has 190 valence electrons. The third kappa shape index (κ3) is 28.5. The van der Waals surface area contributed by atoms with Gasteiger partial charge >= 0.3 is 11.9 Å².